The lowest BCUT2D eigenvalue weighted by molar-refractivity contribution is -0.137. The van der Waals surface area contributed by atoms with E-state index in [4.69, 9.17) is 22.6 Å². The van der Waals surface area contributed by atoms with Crippen LogP contribution in [0.4, 0.5) is 18.9 Å². The maximum Gasteiger partial charge on any atom is 0.417 e. The first-order valence-corrected chi connectivity index (χ1v) is 3.81. The summed E-state index contributed by atoms with van der Waals surface area (Å²) < 4.78 is 36.9. The molecular formula is C8H4ClF3N2. The summed E-state index contributed by atoms with van der Waals surface area (Å²) in [5, 5.41) is 8.44. The Balaban J connectivity index is 3.49. The van der Waals surface area contributed by atoms with Crippen molar-refractivity contribution in [1.82, 2.24) is 0 Å². The molecule has 0 radical (unpaired) electrons. The predicted octanol–water partition coefficient (Wildman–Crippen LogP) is 2.81. The summed E-state index contributed by atoms with van der Waals surface area (Å²) in [5.41, 5.74) is 3.19. The molecule has 2 nitrogen and oxygen atoms in total. The molecule has 0 aliphatic carbocycles. The lowest BCUT2D eigenvalue weighted by Crippen LogP contribution is -2.09. The fraction of sp³-hybridized carbons (Fsp3) is 0.125. The van der Waals surface area contributed by atoms with Crippen molar-refractivity contribution < 1.29 is 13.2 Å². The predicted molar refractivity (Wildman–Crippen MR) is 45.6 cm³/mol. The van der Waals surface area contributed by atoms with Crippen LogP contribution in [0.25, 0.3) is 0 Å². The van der Waals surface area contributed by atoms with Crippen LogP contribution in [0.15, 0.2) is 12.1 Å². The van der Waals surface area contributed by atoms with Gasteiger partial charge in [-0.05, 0) is 12.1 Å². The molecule has 0 aliphatic heterocycles. The van der Waals surface area contributed by atoms with Gasteiger partial charge >= 0.3 is 6.18 Å². The van der Waals surface area contributed by atoms with E-state index in [0.717, 1.165) is 12.1 Å². The van der Waals surface area contributed by atoms with Gasteiger partial charge in [0.2, 0.25) is 0 Å². The topological polar surface area (TPSA) is 49.8 Å². The molecule has 0 spiro atoms. The minimum absolute atomic E-state index is 0.0606. The monoisotopic (exact) mass is 220 g/mol. The third kappa shape index (κ3) is 1.75. The van der Waals surface area contributed by atoms with Gasteiger partial charge in [-0.2, -0.15) is 18.4 Å². The van der Waals surface area contributed by atoms with Crippen molar-refractivity contribution in [3.8, 4) is 6.07 Å². The largest absolute Gasteiger partial charge is 0.417 e. The number of hydrogen-bond acceptors (Lipinski definition) is 2. The second-order valence-corrected chi connectivity index (χ2v) is 2.90. The van der Waals surface area contributed by atoms with E-state index in [-0.39, 0.29) is 10.7 Å². The summed E-state index contributed by atoms with van der Waals surface area (Å²) in [6.07, 6.45) is -4.59. The Hall–Kier alpha value is -1.41. The number of alkyl halides is 3. The molecule has 0 atom stereocenters. The van der Waals surface area contributed by atoms with E-state index in [0.29, 0.717) is 0 Å². The molecule has 0 aliphatic rings. The van der Waals surface area contributed by atoms with Gasteiger partial charge in [0, 0.05) is 0 Å². The number of nitrogens with zero attached hydrogens (tertiary/aromatic N) is 1. The van der Waals surface area contributed by atoms with Crippen molar-refractivity contribution >= 4 is 17.3 Å². The van der Waals surface area contributed by atoms with Gasteiger partial charge in [-0.15, -0.1) is 0 Å². The molecule has 0 saturated heterocycles. The number of anilines is 1. The van der Waals surface area contributed by atoms with Crippen LogP contribution < -0.4 is 5.73 Å². The standard InChI is InChI=1S/C8H4ClF3N2/c9-6-2-1-5(8(10,11)12)4(3-13)7(6)14/h1-2H,14H2. The highest BCUT2D eigenvalue weighted by Gasteiger charge is 2.34. The van der Waals surface area contributed by atoms with Crippen molar-refractivity contribution in [2.75, 3.05) is 5.73 Å². The van der Waals surface area contributed by atoms with E-state index < -0.39 is 17.3 Å². The fourth-order valence-corrected chi connectivity index (χ4v) is 1.11. The van der Waals surface area contributed by atoms with Crippen LogP contribution in [-0.4, -0.2) is 0 Å². The van der Waals surface area contributed by atoms with Crippen LogP contribution in [0.5, 0.6) is 0 Å². The van der Waals surface area contributed by atoms with Crippen LogP contribution >= 0.6 is 11.6 Å². The summed E-state index contributed by atoms with van der Waals surface area (Å²) in [5.74, 6) is 0. The Labute approximate surface area is 82.7 Å². The summed E-state index contributed by atoms with van der Waals surface area (Å²) in [6, 6.07) is 3.13. The Morgan fingerprint density at radius 1 is 1.36 bits per heavy atom. The molecule has 1 rings (SSSR count). The molecule has 0 heterocycles. The van der Waals surface area contributed by atoms with Crippen LogP contribution in [0.2, 0.25) is 5.02 Å². The molecule has 0 amide bonds. The molecule has 0 unspecified atom stereocenters. The number of nitrogens with two attached hydrogens (primary N) is 1. The SMILES string of the molecule is N#Cc1c(C(F)(F)F)ccc(Cl)c1N. The lowest BCUT2D eigenvalue weighted by atomic mass is 10.1. The minimum atomic E-state index is -4.59. The number of rotatable bonds is 0. The first kappa shape index (κ1) is 10.7. The van der Waals surface area contributed by atoms with E-state index in [1.165, 1.54) is 6.07 Å². The van der Waals surface area contributed by atoms with Gasteiger partial charge in [0.05, 0.1) is 21.8 Å². The molecule has 0 saturated carbocycles. The normalized spacial score (nSPS) is 11.1. The van der Waals surface area contributed by atoms with E-state index >= 15 is 0 Å². The highest BCUT2D eigenvalue weighted by molar-refractivity contribution is 6.33. The molecule has 1 aromatic rings. The molecule has 1 aromatic carbocycles. The zero-order valence-electron chi connectivity index (χ0n) is 6.69. The van der Waals surface area contributed by atoms with Crippen LogP contribution in [0, 0.1) is 11.3 Å². The summed E-state index contributed by atoms with van der Waals surface area (Å²) in [6.45, 7) is 0. The smallest absolute Gasteiger partial charge is 0.396 e. The van der Waals surface area contributed by atoms with Crippen LogP contribution in [0.3, 0.4) is 0 Å². The Morgan fingerprint density at radius 2 is 1.93 bits per heavy atom. The first-order chi connectivity index (χ1) is 6.38. The van der Waals surface area contributed by atoms with E-state index in [1.54, 1.807) is 0 Å². The fourth-order valence-electron chi connectivity index (χ4n) is 0.951. The number of hydrogen-bond donors (Lipinski definition) is 1. The highest BCUT2D eigenvalue weighted by Crippen LogP contribution is 2.36. The molecule has 14 heavy (non-hydrogen) atoms. The molecule has 6 heteroatoms. The van der Waals surface area contributed by atoms with Crippen molar-refractivity contribution in [1.29, 1.82) is 5.26 Å². The Kier molecular flexibility index (Phi) is 2.58. The molecule has 0 bridgehead atoms. The van der Waals surface area contributed by atoms with Gasteiger partial charge < -0.3 is 5.73 Å². The van der Waals surface area contributed by atoms with Gasteiger partial charge in [0.25, 0.3) is 0 Å². The van der Waals surface area contributed by atoms with Crippen molar-refractivity contribution in [3.05, 3.63) is 28.3 Å². The zero-order valence-corrected chi connectivity index (χ0v) is 7.45. The van der Waals surface area contributed by atoms with E-state index in [2.05, 4.69) is 0 Å². The van der Waals surface area contributed by atoms with Crippen LogP contribution in [-0.2, 0) is 6.18 Å². The molecule has 0 aromatic heterocycles. The maximum atomic E-state index is 12.3. The zero-order chi connectivity index (χ0) is 10.9. The average molecular weight is 221 g/mol. The summed E-state index contributed by atoms with van der Waals surface area (Å²) in [7, 11) is 0. The maximum absolute atomic E-state index is 12.3. The van der Waals surface area contributed by atoms with Gasteiger partial charge in [-0.3, -0.25) is 0 Å². The average Bonchev–Trinajstić information content (AvgIpc) is 2.07. The van der Waals surface area contributed by atoms with Gasteiger partial charge in [0.1, 0.15) is 6.07 Å². The molecule has 2 N–H and O–H groups in total. The quantitative estimate of drug-likeness (QED) is 0.684. The Morgan fingerprint density at radius 3 is 2.36 bits per heavy atom. The van der Waals surface area contributed by atoms with E-state index in [1.807, 2.05) is 0 Å². The highest BCUT2D eigenvalue weighted by atomic mass is 35.5. The summed E-state index contributed by atoms with van der Waals surface area (Å²) in [4.78, 5) is 0. The lowest BCUT2D eigenvalue weighted by Gasteiger charge is -2.10. The van der Waals surface area contributed by atoms with Crippen molar-refractivity contribution in [2.45, 2.75) is 6.18 Å². The second kappa shape index (κ2) is 3.39. The minimum Gasteiger partial charge on any atom is -0.396 e. The molecule has 74 valence electrons. The van der Waals surface area contributed by atoms with Gasteiger partial charge in [-0.25, -0.2) is 0 Å². The molecular weight excluding hydrogens is 217 g/mol. The van der Waals surface area contributed by atoms with Gasteiger partial charge in [-0.1, -0.05) is 11.6 Å². The number of nitrogen functional groups attached to an aromatic ring is 1. The van der Waals surface area contributed by atoms with Crippen molar-refractivity contribution in [2.24, 2.45) is 0 Å². The first-order valence-electron chi connectivity index (χ1n) is 3.43. The number of benzene rings is 1. The summed E-state index contributed by atoms with van der Waals surface area (Å²) >= 11 is 5.47. The van der Waals surface area contributed by atoms with Crippen LogP contribution in [0.1, 0.15) is 11.1 Å². The third-order valence-electron chi connectivity index (χ3n) is 1.61. The van der Waals surface area contributed by atoms with E-state index in [9.17, 15) is 13.2 Å². The van der Waals surface area contributed by atoms with Gasteiger partial charge in [0.15, 0.2) is 0 Å². The van der Waals surface area contributed by atoms with Crippen molar-refractivity contribution in [3.63, 3.8) is 0 Å². The number of halogens is 4. The number of nitriles is 1. The second-order valence-electron chi connectivity index (χ2n) is 2.49. The Bertz CT molecular complexity index is 406. The molecule has 0 fully saturated rings. The third-order valence-corrected chi connectivity index (χ3v) is 1.94.